The molecule has 0 spiro atoms. The second kappa shape index (κ2) is 3.95. The van der Waals surface area contributed by atoms with Crippen LogP contribution in [0.1, 0.15) is 25.8 Å². The summed E-state index contributed by atoms with van der Waals surface area (Å²) in [4.78, 5) is 0. The Hall–Kier alpha value is -0.860. The molecule has 1 aliphatic carbocycles. The van der Waals surface area contributed by atoms with Gasteiger partial charge in [0, 0.05) is 12.3 Å². The third-order valence-corrected chi connectivity index (χ3v) is 3.46. The third-order valence-electron chi connectivity index (χ3n) is 3.46. The lowest BCUT2D eigenvalue weighted by molar-refractivity contribution is -0.182. The fourth-order valence-electron chi connectivity index (χ4n) is 1.99. The largest absolute Gasteiger partial charge is 0.390 e. The number of aliphatic hydroxyl groups is 1. The second-order valence-electron chi connectivity index (χ2n) is 4.69. The lowest BCUT2D eigenvalue weighted by Crippen LogP contribution is -2.54. The predicted octanol–water partition coefficient (Wildman–Crippen LogP) is 2.36. The van der Waals surface area contributed by atoms with Gasteiger partial charge in [0.2, 0.25) is 0 Å². The average Bonchev–Trinajstić information content (AvgIpc) is 2.25. The summed E-state index contributed by atoms with van der Waals surface area (Å²) in [5.74, 6) is 0.237. The minimum absolute atomic E-state index is 0.209. The summed E-state index contributed by atoms with van der Waals surface area (Å²) in [5.41, 5.74) is 0.665. The molecule has 0 aliphatic heterocycles. The molecule has 0 heterocycles. The van der Waals surface area contributed by atoms with Crippen molar-refractivity contribution < 1.29 is 9.84 Å². The Morgan fingerprint density at radius 2 is 2.07 bits per heavy atom. The third kappa shape index (κ3) is 2.21. The molecular formula is C13H18O2. The van der Waals surface area contributed by atoms with E-state index in [0.29, 0.717) is 6.61 Å². The van der Waals surface area contributed by atoms with Crippen molar-refractivity contribution in [3.8, 4) is 0 Å². The van der Waals surface area contributed by atoms with Crippen LogP contribution in [0.5, 0.6) is 0 Å². The normalized spacial score (nSPS) is 34.9. The van der Waals surface area contributed by atoms with Gasteiger partial charge in [-0.1, -0.05) is 37.3 Å². The Balaban J connectivity index is 1.81. The van der Waals surface area contributed by atoms with Crippen LogP contribution in [0.25, 0.3) is 0 Å². The molecule has 3 atom stereocenters. The Bertz CT molecular complexity index is 319. The summed E-state index contributed by atoms with van der Waals surface area (Å²) in [6.07, 6.45) is 0.960. The zero-order chi connectivity index (χ0) is 10.9. The summed E-state index contributed by atoms with van der Waals surface area (Å²) in [5, 5.41) is 9.77. The SMILES string of the molecule is C[C@@H]1[C@@H](OCc2ccccc2)C[C@]1(C)O. The molecule has 1 aliphatic rings. The predicted molar refractivity (Wildman–Crippen MR) is 59.4 cm³/mol. The molecule has 2 heteroatoms. The van der Waals surface area contributed by atoms with Crippen LogP contribution in [-0.2, 0) is 11.3 Å². The topological polar surface area (TPSA) is 29.5 Å². The van der Waals surface area contributed by atoms with Gasteiger partial charge in [-0.15, -0.1) is 0 Å². The van der Waals surface area contributed by atoms with E-state index in [1.165, 1.54) is 5.56 Å². The van der Waals surface area contributed by atoms with Crippen molar-refractivity contribution >= 4 is 0 Å². The van der Waals surface area contributed by atoms with Crippen LogP contribution in [0.4, 0.5) is 0 Å². The maximum Gasteiger partial charge on any atom is 0.0720 e. The summed E-state index contributed by atoms with van der Waals surface area (Å²) in [6, 6.07) is 10.1. The summed E-state index contributed by atoms with van der Waals surface area (Å²) in [6.45, 7) is 4.56. The molecule has 2 nitrogen and oxygen atoms in total. The van der Waals surface area contributed by atoms with Crippen molar-refractivity contribution in [3.63, 3.8) is 0 Å². The van der Waals surface area contributed by atoms with Crippen LogP contribution in [0, 0.1) is 5.92 Å². The van der Waals surface area contributed by atoms with Gasteiger partial charge in [-0.2, -0.15) is 0 Å². The Labute approximate surface area is 90.9 Å². The molecule has 0 bridgehead atoms. The minimum atomic E-state index is -0.526. The van der Waals surface area contributed by atoms with Gasteiger partial charge in [-0.05, 0) is 12.5 Å². The molecular weight excluding hydrogens is 188 g/mol. The maximum absolute atomic E-state index is 9.77. The first-order chi connectivity index (χ1) is 7.09. The average molecular weight is 206 g/mol. The van der Waals surface area contributed by atoms with E-state index < -0.39 is 5.60 Å². The molecule has 1 aromatic rings. The van der Waals surface area contributed by atoms with E-state index >= 15 is 0 Å². The lowest BCUT2D eigenvalue weighted by atomic mass is 9.69. The van der Waals surface area contributed by atoms with Gasteiger partial charge in [-0.3, -0.25) is 0 Å². The molecule has 15 heavy (non-hydrogen) atoms. The molecule has 2 rings (SSSR count). The van der Waals surface area contributed by atoms with Crippen molar-refractivity contribution in [1.82, 2.24) is 0 Å². The first kappa shape index (κ1) is 10.7. The van der Waals surface area contributed by atoms with Crippen molar-refractivity contribution in [3.05, 3.63) is 35.9 Å². The van der Waals surface area contributed by atoms with Gasteiger partial charge in [0.15, 0.2) is 0 Å². The molecule has 1 saturated carbocycles. The van der Waals surface area contributed by atoms with E-state index in [1.807, 2.05) is 32.0 Å². The zero-order valence-corrected chi connectivity index (χ0v) is 9.31. The first-order valence-corrected chi connectivity index (χ1v) is 5.47. The number of hydrogen-bond acceptors (Lipinski definition) is 2. The highest BCUT2D eigenvalue weighted by Crippen LogP contribution is 2.40. The van der Waals surface area contributed by atoms with Crippen molar-refractivity contribution in [1.29, 1.82) is 0 Å². The fourth-order valence-corrected chi connectivity index (χ4v) is 1.99. The van der Waals surface area contributed by atoms with Gasteiger partial charge >= 0.3 is 0 Å². The Morgan fingerprint density at radius 1 is 1.40 bits per heavy atom. The smallest absolute Gasteiger partial charge is 0.0720 e. The summed E-state index contributed by atoms with van der Waals surface area (Å²) >= 11 is 0. The highest BCUT2D eigenvalue weighted by atomic mass is 16.5. The van der Waals surface area contributed by atoms with Crippen molar-refractivity contribution in [2.24, 2.45) is 5.92 Å². The Morgan fingerprint density at radius 3 is 2.60 bits per heavy atom. The summed E-state index contributed by atoms with van der Waals surface area (Å²) < 4.78 is 5.75. The number of ether oxygens (including phenoxy) is 1. The summed E-state index contributed by atoms with van der Waals surface area (Å²) in [7, 11) is 0. The maximum atomic E-state index is 9.77. The lowest BCUT2D eigenvalue weighted by Gasteiger charge is -2.47. The van der Waals surface area contributed by atoms with Gasteiger partial charge in [0.1, 0.15) is 0 Å². The van der Waals surface area contributed by atoms with E-state index in [1.54, 1.807) is 0 Å². The molecule has 82 valence electrons. The van der Waals surface area contributed by atoms with E-state index in [-0.39, 0.29) is 12.0 Å². The molecule has 0 amide bonds. The Kier molecular flexibility index (Phi) is 2.81. The molecule has 1 aromatic carbocycles. The molecule has 0 radical (unpaired) electrons. The molecule has 0 aromatic heterocycles. The molecule has 1 N–H and O–H groups in total. The van der Waals surface area contributed by atoms with Gasteiger partial charge in [0.25, 0.3) is 0 Å². The standard InChI is InChI=1S/C13H18O2/c1-10-12(8-13(10,2)14)15-9-11-6-4-3-5-7-11/h3-7,10,12,14H,8-9H2,1-2H3/t10-,12+,13+/m1/s1. The minimum Gasteiger partial charge on any atom is -0.390 e. The van der Waals surface area contributed by atoms with Crippen LogP contribution in [0.2, 0.25) is 0 Å². The monoisotopic (exact) mass is 206 g/mol. The van der Waals surface area contributed by atoms with Crippen LogP contribution in [0.15, 0.2) is 30.3 Å². The molecule has 1 fully saturated rings. The van der Waals surface area contributed by atoms with Crippen LogP contribution in [0.3, 0.4) is 0 Å². The first-order valence-electron chi connectivity index (χ1n) is 5.47. The number of benzene rings is 1. The fraction of sp³-hybridized carbons (Fsp3) is 0.538. The quantitative estimate of drug-likeness (QED) is 0.822. The molecule has 0 unspecified atom stereocenters. The molecule has 0 saturated heterocycles. The number of rotatable bonds is 3. The highest BCUT2D eigenvalue weighted by Gasteiger charge is 2.47. The van der Waals surface area contributed by atoms with Gasteiger partial charge < -0.3 is 9.84 Å². The van der Waals surface area contributed by atoms with E-state index in [9.17, 15) is 5.11 Å². The van der Waals surface area contributed by atoms with Gasteiger partial charge in [-0.25, -0.2) is 0 Å². The number of hydrogen-bond donors (Lipinski definition) is 1. The highest BCUT2D eigenvalue weighted by molar-refractivity contribution is 5.13. The van der Waals surface area contributed by atoms with E-state index in [0.717, 1.165) is 6.42 Å². The van der Waals surface area contributed by atoms with Crippen LogP contribution in [-0.4, -0.2) is 16.8 Å². The van der Waals surface area contributed by atoms with E-state index in [4.69, 9.17) is 4.74 Å². The van der Waals surface area contributed by atoms with Crippen LogP contribution < -0.4 is 0 Å². The zero-order valence-electron chi connectivity index (χ0n) is 9.31. The van der Waals surface area contributed by atoms with Crippen molar-refractivity contribution in [2.75, 3.05) is 0 Å². The van der Waals surface area contributed by atoms with Crippen LogP contribution >= 0.6 is 0 Å². The second-order valence-corrected chi connectivity index (χ2v) is 4.69. The van der Waals surface area contributed by atoms with Crippen molar-refractivity contribution in [2.45, 2.75) is 38.6 Å². The van der Waals surface area contributed by atoms with Gasteiger partial charge in [0.05, 0.1) is 18.3 Å². The van der Waals surface area contributed by atoms with E-state index in [2.05, 4.69) is 12.1 Å².